The third-order valence-corrected chi connectivity index (χ3v) is 8.87. The number of ether oxygens (including phenoxy) is 1. The van der Waals surface area contributed by atoms with Crippen LogP contribution in [0.15, 0.2) is 109 Å². The van der Waals surface area contributed by atoms with E-state index in [1.54, 1.807) is 0 Å². The average Bonchev–Trinajstić information content (AvgIpc) is 3.52. The molecule has 48 heavy (non-hydrogen) atoms. The van der Waals surface area contributed by atoms with Gasteiger partial charge >= 0.3 is 0 Å². The molecule has 0 aliphatic rings. The highest BCUT2D eigenvalue weighted by atomic mass is 16.5. The predicted molar refractivity (Wildman–Crippen MR) is 199 cm³/mol. The van der Waals surface area contributed by atoms with Crippen molar-refractivity contribution in [2.24, 2.45) is 11.3 Å². The maximum Gasteiger partial charge on any atom is 0.137 e. The molecule has 0 fully saturated rings. The lowest BCUT2D eigenvalue weighted by atomic mass is 9.88. The molecule has 3 aromatic heterocycles. The molecule has 7 rings (SSSR count). The Bertz CT molecular complexity index is 2250. The van der Waals surface area contributed by atoms with Gasteiger partial charge < -0.3 is 4.74 Å². The number of rotatable bonds is 8. The van der Waals surface area contributed by atoms with E-state index in [4.69, 9.17) is 14.8 Å². The summed E-state index contributed by atoms with van der Waals surface area (Å²) >= 11 is 0. The minimum atomic E-state index is 0.178. The summed E-state index contributed by atoms with van der Waals surface area (Å²) in [6.45, 7) is 15.6. The van der Waals surface area contributed by atoms with Gasteiger partial charge in [-0.05, 0) is 103 Å². The molecule has 3 heterocycles. The monoisotopic (exact) mass is 632 g/mol. The molecule has 0 amide bonds. The van der Waals surface area contributed by atoms with Crippen molar-refractivity contribution in [1.29, 1.82) is 0 Å². The summed E-state index contributed by atoms with van der Waals surface area (Å²) in [6.07, 6.45) is 3.96. The molecular weight excluding hydrogens is 589 g/mol. The molecule has 0 saturated heterocycles. The molecule has 0 bridgehead atoms. The highest BCUT2D eigenvalue weighted by molar-refractivity contribution is 6.09. The Morgan fingerprint density at radius 2 is 1.52 bits per heavy atom. The van der Waals surface area contributed by atoms with Gasteiger partial charge in [0.1, 0.15) is 17.3 Å². The van der Waals surface area contributed by atoms with E-state index in [1.165, 1.54) is 27.5 Å². The Morgan fingerprint density at radius 1 is 0.729 bits per heavy atom. The predicted octanol–water partition coefficient (Wildman–Crippen LogP) is 11.2. The summed E-state index contributed by atoms with van der Waals surface area (Å²) in [4.78, 5) is 4.89. The molecular formula is C43H44N4O. The Hall–Kier alpha value is -5.16. The fourth-order valence-electron chi connectivity index (χ4n) is 6.99. The molecule has 0 saturated carbocycles. The van der Waals surface area contributed by atoms with Gasteiger partial charge in [0.15, 0.2) is 0 Å². The summed E-state index contributed by atoms with van der Waals surface area (Å²) in [5, 5.41) is 7.35. The van der Waals surface area contributed by atoms with Crippen LogP contribution in [0.2, 0.25) is 0 Å². The number of aromatic nitrogens is 4. The third-order valence-electron chi connectivity index (χ3n) is 8.87. The summed E-state index contributed by atoms with van der Waals surface area (Å²) in [6, 6.07) is 36.3. The average molecular weight is 633 g/mol. The summed E-state index contributed by atoms with van der Waals surface area (Å²) in [5.41, 5.74) is 10.4. The molecule has 5 nitrogen and oxygen atoms in total. The first-order chi connectivity index (χ1) is 23.0. The van der Waals surface area contributed by atoms with Gasteiger partial charge in [0.05, 0.1) is 22.4 Å². The number of benzene rings is 4. The van der Waals surface area contributed by atoms with Crippen molar-refractivity contribution in [3.8, 4) is 34.1 Å². The lowest BCUT2D eigenvalue weighted by molar-refractivity contribution is 0.411. The highest BCUT2D eigenvalue weighted by Crippen LogP contribution is 2.37. The first-order valence-electron chi connectivity index (χ1n) is 17.0. The van der Waals surface area contributed by atoms with Gasteiger partial charge in [0, 0.05) is 40.4 Å². The second-order valence-electron chi connectivity index (χ2n) is 14.6. The second kappa shape index (κ2) is 12.5. The van der Waals surface area contributed by atoms with Crippen LogP contribution >= 0.6 is 0 Å². The zero-order valence-electron chi connectivity index (χ0n) is 29.1. The SMILES string of the molecule is Cc1nn(-c2cccc(Oc3ccc4c5cc(CC(C)C)ccc5n(-c5cc(CC(C)(C)C)ccn5)c4c3)c2)c(C)c1-c1ccccc1. The number of nitrogens with zero attached hydrogens (tertiary/aromatic N) is 4. The molecule has 0 unspecified atom stereocenters. The van der Waals surface area contributed by atoms with Crippen LogP contribution in [0.3, 0.4) is 0 Å². The van der Waals surface area contributed by atoms with Crippen LogP contribution in [0.1, 0.15) is 57.1 Å². The fourth-order valence-corrected chi connectivity index (χ4v) is 6.99. The Balaban J connectivity index is 1.30. The summed E-state index contributed by atoms with van der Waals surface area (Å²) in [5.74, 6) is 3.04. The van der Waals surface area contributed by atoms with E-state index in [0.29, 0.717) is 5.92 Å². The van der Waals surface area contributed by atoms with Crippen molar-refractivity contribution < 1.29 is 4.74 Å². The zero-order valence-corrected chi connectivity index (χ0v) is 29.1. The summed E-state index contributed by atoms with van der Waals surface area (Å²) < 4.78 is 10.9. The lowest BCUT2D eigenvalue weighted by Gasteiger charge is -2.18. The van der Waals surface area contributed by atoms with Gasteiger partial charge in [-0.2, -0.15) is 5.10 Å². The molecule has 0 radical (unpaired) electrons. The molecule has 0 N–H and O–H groups in total. The maximum atomic E-state index is 6.59. The Labute approximate surface area is 283 Å². The van der Waals surface area contributed by atoms with E-state index >= 15 is 0 Å². The molecule has 5 heteroatoms. The minimum Gasteiger partial charge on any atom is -0.457 e. The van der Waals surface area contributed by atoms with Crippen molar-refractivity contribution >= 4 is 21.8 Å². The Kier molecular flexibility index (Phi) is 8.16. The van der Waals surface area contributed by atoms with E-state index in [0.717, 1.165) is 63.8 Å². The van der Waals surface area contributed by atoms with E-state index in [1.807, 2.05) is 29.1 Å². The van der Waals surface area contributed by atoms with Crippen molar-refractivity contribution in [3.63, 3.8) is 0 Å². The fraction of sp³-hybridized carbons (Fsp3) is 0.256. The lowest BCUT2D eigenvalue weighted by Crippen LogP contribution is -2.10. The molecule has 0 atom stereocenters. The number of hydrogen-bond donors (Lipinski definition) is 0. The van der Waals surface area contributed by atoms with Crippen LogP contribution in [0.4, 0.5) is 0 Å². The topological polar surface area (TPSA) is 44.9 Å². The standard InChI is InChI=1S/C43H44N4O/c1-28(2)22-31-16-19-39-38(23-31)37-18-17-36(26-40(37)46(39)41-24-32(20-21-44-41)27-43(5,6)7)48-35-15-11-14-34(25-35)47-30(4)42(29(3)45-47)33-12-9-8-10-13-33/h8-21,23-26,28H,22,27H2,1-7H3. The van der Waals surface area contributed by atoms with Crippen LogP contribution < -0.4 is 4.74 Å². The van der Waals surface area contributed by atoms with Crippen molar-refractivity contribution in [2.45, 2.75) is 61.3 Å². The van der Waals surface area contributed by atoms with Gasteiger partial charge in [-0.3, -0.25) is 4.57 Å². The Morgan fingerprint density at radius 3 is 2.29 bits per heavy atom. The van der Waals surface area contributed by atoms with Crippen molar-refractivity contribution in [1.82, 2.24) is 19.3 Å². The molecule has 242 valence electrons. The number of aryl methyl sites for hydroxylation is 1. The van der Waals surface area contributed by atoms with Gasteiger partial charge in [0.25, 0.3) is 0 Å². The smallest absolute Gasteiger partial charge is 0.137 e. The molecule has 0 aliphatic heterocycles. The molecule has 4 aromatic carbocycles. The van der Waals surface area contributed by atoms with Crippen molar-refractivity contribution in [2.75, 3.05) is 0 Å². The highest BCUT2D eigenvalue weighted by Gasteiger charge is 2.18. The quantitative estimate of drug-likeness (QED) is 0.167. The van der Waals surface area contributed by atoms with Gasteiger partial charge in [-0.15, -0.1) is 0 Å². The van der Waals surface area contributed by atoms with Crippen molar-refractivity contribution in [3.05, 3.63) is 132 Å². The second-order valence-corrected chi connectivity index (χ2v) is 14.6. The number of fused-ring (bicyclic) bond motifs is 3. The molecule has 0 spiro atoms. The van der Waals surface area contributed by atoms with Crippen LogP contribution in [0, 0.1) is 25.2 Å². The first kappa shape index (κ1) is 31.4. The number of hydrogen-bond acceptors (Lipinski definition) is 3. The van der Waals surface area contributed by atoms with E-state index in [2.05, 4.69) is 138 Å². The molecule has 7 aromatic rings. The summed E-state index contributed by atoms with van der Waals surface area (Å²) in [7, 11) is 0. The van der Waals surface area contributed by atoms with Crippen LogP contribution in [0.5, 0.6) is 11.5 Å². The van der Waals surface area contributed by atoms with E-state index in [9.17, 15) is 0 Å². The van der Waals surface area contributed by atoms with Gasteiger partial charge in [-0.25, -0.2) is 9.67 Å². The largest absolute Gasteiger partial charge is 0.457 e. The molecule has 0 aliphatic carbocycles. The normalized spacial score (nSPS) is 12.0. The van der Waals surface area contributed by atoms with Gasteiger partial charge in [-0.1, -0.05) is 77.1 Å². The maximum absolute atomic E-state index is 6.59. The zero-order chi connectivity index (χ0) is 33.6. The van der Waals surface area contributed by atoms with Crippen LogP contribution in [-0.2, 0) is 12.8 Å². The first-order valence-corrected chi connectivity index (χ1v) is 17.0. The van der Waals surface area contributed by atoms with E-state index in [-0.39, 0.29) is 5.41 Å². The van der Waals surface area contributed by atoms with Gasteiger partial charge in [0.2, 0.25) is 0 Å². The van der Waals surface area contributed by atoms with Crippen LogP contribution in [0.25, 0.3) is 44.4 Å². The van der Waals surface area contributed by atoms with E-state index < -0.39 is 0 Å². The minimum absolute atomic E-state index is 0.178. The third kappa shape index (κ3) is 6.25. The van der Waals surface area contributed by atoms with Crippen LogP contribution in [-0.4, -0.2) is 19.3 Å². The number of pyridine rings is 1.